The minimum absolute atomic E-state index is 0.0469. The first-order valence-electron chi connectivity index (χ1n) is 11.5. The Morgan fingerprint density at radius 1 is 1.19 bits per heavy atom. The number of morpholine rings is 1. The van der Waals surface area contributed by atoms with Crippen molar-refractivity contribution >= 4 is 11.9 Å². The second-order valence-electron chi connectivity index (χ2n) is 8.16. The molecule has 8 heteroatoms. The number of ether oxygens (including phenoxy) is 1. The number of carbonyl (C=O) groups is 1. The maximum atomic E-state index is 13.4. The molecule has 172 valence electrons. The lowest BCUT2D eigenvalue weighted by molar-refractivity contribution is -0.121. The number of carbonyl (C=O) groups excluding carboxylic acids is 1. The molecule has 7 nitrogen and oxygen atoms in total. The van der Waals surface area contributed by atoms with Gasteiger partial charge in [0.15, 0.2) is 5.96 Å². The Bertz CT molecular complexity index is 700. The SMILES string of the molecule is CCNC(=NCC(c1ccc(F)cc1)N1CCOCC1)NCCC(=O)NC1CCCC1. The van der Waals surface area contributed by atoms with Gasteiger partial charge in [0, 0.05) is 38.6 Å². The van der Waals surface area contributed by atoms with Gasteiger partial charge >= 0.3 is 0 Å². The highest BCUT2D eigenvalue weighted by Gasteiger charge is 2.23. The van der Waals surface area contributed by atoms with Crippen LogP contribution in [0.1, 0.15) is 50.6 Å². The molecule has 1 aliphatic heterocycles. The number of guanidine groups is 1. The molecule has 31 heavy (non-hydrogen) atoms. The molecule has 3 N–H and O–H groups in total. The molecule has 1 unspecified atom stereocenters. The molecule has 0 aromatic heterocycles. The summed E-state index contributed by atoms with van der Waals surface area (Å²) in [6.07, 6.45) is 5.02. The summed E-state index contributed by atoms with van der Waals surface area (Å²) in [5.74, 6) is 0.545. The fourth-order valence-electron chi connectivity index (χ4n) is 4.19. The average molecular weight is 434 g/mol. The van der Waals surface area contributed by atoms with Gasteiger partial charge in [0.05, 0.1) is 25.8 Å². The monoisotopic (exact) mass is 433 g/mol. The number of amides is 1. The molecular formula is C23H36FN5O2. The first-order chi connectivity index (χ1) is 15.2. The van der Waals surface area contributed by atoms with Crippen LogP contribution >= 0.6 is 0 Å². The predicted octanol–water partition coefficient (Wildman–Crippen LogP) is 2.20. The fourth-order valence-corrected chi connectivity index (χ4v) is 4.19. The minimum atomic E-state index is -0.237. The summed E-state index contributed by atoms with van der Waals surface area (Å²) >= 11 is 0. The molecule has 2 fully saturated rings. The Morgan fingerprint density at radius 2 is 1.90 bits per heavy atom. The van der Waals surface area contributed by atoms with Crippen LogP contribution in [0.4, 0.5) is 4.39 Å². The van der Waals surface area contributed by atoms with E-state index in [2.05, 4.69) is 20.9 Å². The normalized spacial score (nSPS) is 19.2. The number of hydrogen-bond donors (Lipinski definition) is 3. The number of benzene rings is 1. The van der Waals surface area contributed by atoms with Crippen molar-refractivity contribution in [3.8, 4) is 0 Å². The van der Waals surface area contributed by atoms with Crippen molar-refractivity contribution in [1.82, 2.24) is 20.9 Å². The number of nitrogens with one attached hydrogen (secondary N) is 3. The molecule has 0 spiro atoms. The molecule has 1 saturated heterocycles. The number of halogens is 1. The van der Waals surface area contributed by atoms with Crippen molar-refractivity contribution in [2.75, 3.05) is 45.9 Å². The van der Waals surface area contributed by atoms with E-state index in [1.807, 2.05) is 19.1 Å². The van der Waals surface area contributed by atoms with Crippen molar-refractivity contribution < 1.29 is 13.9 Å². The highest BCUT2D eigenvalue weighted by Crippen LogP contribution is 2.23. The van der Waals surface area contributed by atoms with Crippen molar-refractivity contribution in [2.45, 2.75) is 51.1 Å². The van der Waals surface area contributed by atoms with E-state index in [0.717, 1.165) is 38.0 Å². The van der Waals surface area contributed by atoms with Crippen molar-refractivity contribution in [3.05, 3.63) is 35.6 Å². The number of rotatable bonds is 9. The second kappa shape index (κ2) is 12.6. The molecule has 0 radical (unpaired) electrons. The van der Waals surface area contributed by atoms with Crippen LogP contribution in [-0.4, -0.2) is 68.7 Å². The van der Waals surface area contributed by atoms with Gasteiger partial charge < -0.3 is 20.7 Å². The molecule has 1 heterocycles. The Balaban J connectivity index is 1.56. The van der Waals surface area contributed by atoms with Crippen molar-refractivity contribution in [3.63, 3.8) is 0 Å². The van der Waals surface area contributed by atoms with Gasteiger partial charge in [-0.25, -0.2) is 4.39 Å². The van der Waals surface area contributed by atoms with E-state index in [0.29, 0.717) is 44.7 Å². The Hall–Kier alpha value is -2.19. The topological polar surface area (TPSA) is 78.0 Å². The van der Waals surface area contributed by atoms with E-state index in [4.69, 9.17) is 9.73 Å². The summed E-state index contributed by atoms with van der Waals surface area (Å²) in [7, 11) is 0. The summed E-state index contributed by atoms with van der Waals surface area (Å²) < 4.78 is 18.9. The Kier molecular flexibility index (Phi) is 9.55. The molecule has 3 rings (SSSR count). The van der Waals surface area contributed by atoms with E-state index in [-0.39, 0.29) is 17.8 Å². The van der Waals surface area contributed by atoms with Crippen LogP contribution in [0.2, 0.25) is 0 Å². The van der Waals surface area contributed by atoms with E-state index >= 15 is 0 Å². The molecule has 1 saturated carbocycles. The zero-order valence-corrected chi connectivity index (χ0v) is 18.5. The molecule has 1 atom stereocenters. The summed E-state index contributed by atoms with van der Waals surface area (Å²) in [5, 5.41) is 9.64. The van der Waals surface area contributed by atoms with E-state index < -0.39 is 0 Å². The average Bonchev–Trinajstić information content (AvgIpc) is 3.28. The van der Waals surface area contributed by atoms with Gasteiger partial charge in [-0.2, -0.15) is 0 Å². The highest BCUT2D eigenvalue weighted by molar-refractivity contribution is 5.81. The number of nitrogens with zero attached hydrogens (tertiary/aromatic N) is 2. The molecule has 1 aromatic rings. The van der Waals surface area contributed by atoms with Gasteiger partial charge in [0.2, 0.25) is 5.91 Å². The van der Waals surface area contributed by atoms with Crippen LogP contribution in [0, 0.1) is 5.82 Å². The molecule has 1 aliphatic carbocycles. The van der Waals surface area contributed by atoms with Crippen LogP contribution in [0.15, 0.2) is 29.3 Å². The Morgan fingerprint density at radius 3 is 2.58 bits per heavy atom. The lowest BCUT2D eigenvalue weighted by atomic mass is 10.0. The number of hydrogen-bond acceptors (Lipinski definition) is 4. The molecular weight excluding hydrogens is 397 g/mol. The van der Waals surface area contributed by atoms with E-state index in [1.165, 1.54) is 25.0 Å². The third-order valence-corrected chi connectivity index (χ3v) is 5.87. The molecule has 0 bridgehead atoms. The van der Waals surface area contributed by atoms with Crippen LogP contribution in [0.5, 0.6) is 0 Å². The highest BCUT2D eigenvalue weighted by atomic mass is 19.1. The maximum absolute atomic E-state index is 13.4. The first-order valence-corrected chi connectivity index (χ1v) is 11.5. The molecule has 1 aromatic carbocycles. The first kappa shape index (κ1) is 23.5. The third-order valence-electron chi connectivity index (χ3n) is 5.87. The Labute approximate surface area is 184 Å². The number of aliphatic imine (C=N–C) groups is 1. The third kappa shape index (κ3) is 7.78. The summed E-state index contributed by atoms with van der Waals surface area (Å²) in [6.45, 7) is 6.85. The molecule has 2 aliphatic rings. The summed E-state index contributed by atoms with van der Waals surface area (Å²) in [4.78, 5) is 19.3. The van der Waals surface area contributed by atoms with Gasteiger partial charge in [-0.05, 0) is 37.5 Å². The quantitative estimate of drug-likeness (QED) is 0.411. The largest absolute Gasteiger partial charge is 0.379 e. The van der Waals surface area contributed by atoms with Gasteiger partial charge in [0.25, 0.3) is 0 Å². The van der Waals surface area contributed by atoms with E-state index in [1.54, 1.807) is 0 Å². The van der Waals surface area contributed by atoms with Crippen LogP contribution in [-0.2, 0) is 9.53 Å². The predicted molar refractivity (Wildman–Crippen MR) is 121 cm³/mol. The second-order valence-corrected chi connectivity index (χ2v) is 8.16. The lowest BCUT2D eigenvalue weighted by Crippen LogP contribution is -2.42. The van der Waals surface area contributed by atoms with Gasteiger partial charge in [-0.1, -0.05) is 25.0 Å². The standard InChI is InChI=1S/C23H36FN5O2/c1-2-25-23(26-12-11-22(30)28-20-5-3-4-6-20)27-17-21(29-13-15-31-16-14-29)18-7-9-19(24)10-8-18/h7-10,20-21H,2-6,11-17H2,1H3,(H,28,30)(H2,25,26,27). The van der Waals surface area contributed by atoms with Crippen LogP contribution in [0.25, 0.3) is 0 Å². The summed E-state index contributed by atoms with van der Waals surface area (Å²) in [5.41, 5.74) is 1.04. The maximum Gasteiger partial charge on any atom is 0.221 e. The van der Waals surface area contributed by atoms with Crippen molar-refractivity contribution in [1.29, 1.82) is 0 Å². The smallest absolute Gasteiger partial charge is 0.221 e. The van der Waals surface area contributed by atoms with Gasteiger partial charge in [0.1, 0.15) is 5.82 Å². The van der Waals surface area contributed by atoms with E-state index in [9.17, 15) is 9.18 Å². The van der Waals surface area contributed by atoms with Crippen LogP contribution < -0.4 is 16.0 Å². The minimum Gasteiger partial charge on any atom is -0.379 e. The van der Waals surface area contributed by atoms with Crippen molar-refractivity contribution in [2.24, 2.45) is 4.99 Å². The summed E-state index contributed by atoms with van der Waals surface area (Å²) in [6, 6.07) is 7.06. The van der Waals surface area contributed by atoms with Crippen LogP contribution in [0.3, 0.4) is 0 Å². The zero-order chi connectivity index (χ0) is 21.9. The van der Waals surface area contributed by atoms with Gasteiger partial charge in [-0.15, -0.1) is 0 Å². The molecule has 1 amide bonds. The zero-order valence-electron chi connectivity index (χ0n) is 18.5. The lowest BCUT2D eigenvalue weighted by Gasteiger charge is -2.34. The van der Waals surface area contributed by atoms with Gasteiger partial charge in [-0.3, -0.25) is 14.7 Å². The fraction of sp³-hybridized carbons (Fsp3) is 0.652.